The molecule has 1 aliphatic heterocycles. The lowest BCUT2D eigenvalue weighted by atomic mass is 9.98. The summed E-state index contributed by atoms with van der Waals surface area (Å²) in [4.78, 5) is 37.8. The van der Waals surface area contributed by atoms with E-state index in [4.69, 9.17) is 25.8 Å². The molecule has 0 saturated heterocycles. The highest BCUT2D eigenvalue weighted by Gasteiger charge is 2.22. The van der Waals surface area contributed by atoms with Crippen molar-refractivity contribution in [3.05, 3.63) is 94.0 Å². The fourth-order valence-electron chi connectivity index (χ4n) is 3.31. The van der Waals surface area contributed by atoms with Crippen molar-refractivity contribution in [1.82, 2.24) is 5.32 Å². The highest BCUT2D eigenvalue weighted by atomic mass is 35.5. The van der Waals surface area contributed by atoms with E-state index >= 15 is 0 Å². The number of fused-ring (bicyclic) bond motifs is 1. The molecule has 4 rings (SSSR count). The summed E-state index contributed by atoms with van der Waals surface area (Å²) in [6.45, 7) is 0.608. The first kappa shape index (κ1) is 22.4. The molecule has 0 atom stereocenters. The number of rotatable bonds is 7. The molecule has 168 valence electrons. The Kier molecular flexibility index (Phi) is 6.90. The van der Waals surface area contributed by atoms with Crippen LogP contribution in [-0.2, 0) is 16.1 Å². The second-order valence-corrected chi connectivity index (χ2v) is 7.65. The van der Waals surface area contributed by atoms with E-state index in [1.165, 1.54) is 12.1 Å². The number of ketones is 1. The van der Waals surface area contributed by atoms with Crippen molar-refractivity contribution in [2.24, 2.45) is 0 Å². The Labute approximate surface area is 195 Å². The number of nitrogens with one attached hydrogen (secondary N) is 1. The average Bonchev–Trinajstić information content (AvgIpc) is 2.85. The summed E-state index contributed by atoms with van der Waals surface area (Å²) in [5, 5.41) is 3.22. The summed E-state index contributed by atoms with van der Waals surface area (Å²) >= 11 is 5.93. The summed E-state index contributed by atoms with van der Waals surface area (Å²) in [5.74, 6) is -0.573. The van der Waals surface area contributed by atoms with Gasteiger partial charge in [-0.15, -0.1) is 0 Å². The number of carbonyl (C=O) groups excluding carboxylic acids is 3. The second kappa shape index (κ2) is 10.2. The lowest BCUT2D eigenvalue weighted by molar-refractivity contribution is -0.124. The van der Waals surface area contributed by atoms with Crippen molar-refractivity contribution in [3.63, 3.8) is 0 Å². The molecular formula is C25H20ClNO6. The molecule has 0 bridgehead atoms. The van der Waals surface area contributed by atoms with E-state index in [0.717, 1.165) is 5.56 Å². The van der Waals surface area contributed by atoms with Gasteiger partial charge in [-0.1, -0.05) is 41.9 Å². The van der Waals surface area contributed by atoms with Crippen molar-refractivity contribution < 1.29 is 28.6 Å². The fourth-order valence-corrected chi connectivity index (χ4v) is 3.52. The zero-order chi connectivity index (χ0) is 23.2. The van der Waals surface area contributed by atoms with Crippen LogP contribution in [0.5, 0.6) is 11.5 Å². The number of amides is 1. The Bertz CT molecular complexity index is 1210. The molecule has 0 saturated carbocycles. The van der Waals surface area contributed by atoms with Crippen LogP contribution in [0, 0.1) is 0 Å². The minimum absolute atomic E-state index is 0.0695. The van der Waals surface area contributed by atoms with Crippen LogP contribution in [-0.4, -0.2) is 37.5 Å². The van der Waals surface area contributed by atoms with Gasteiger partial charge in [0, 0.05) is 22.7 Å². The first-order valence-corrected chi connectivity index (χ1v) is 10.6. The van der Waals surface area contributed by atoms with Crippen LogP contribution in [0.3, 0.4) is 0 Å². The van der Waals surface area contributed by atoms with Gasteiger partial charge in [0.2, 0.25) is 0 Å². The molecule has 0 spiro atoms. The molecule has 0 fully saturated rings. The quantitative estimate of drug-likeness (QED) is 0.421. The van der Waals surface area contributed by atoms with E-state index in [2.05, 4.69) is 5.32 Å². The van der Waals surface area contributed by atoms with Gasteiger partial charge in [0.25, 0.3) is 5.91 Å². The number of hydrogen-bond donors (Lipinski definition) is 1. The molecule has 1 N–H and O–H groups in total. The lowest BCUT2D eigenvalue weighted by Gasteiger charge is -2.18. The van der Waals surface area contributed by atoms with Crippen LogP contribution >= 0.6 is 11.6 Å². The third kappa shape index (κ3) is 5.51. The maximum atomic E-state index is 13.1. The molecular weight excluding hydrogens is 446 g/mol. The minimum Gasteiger partial charge on any atom is -0.486 e. The normalized spacial score (nSPS) is 12.0. The summed E-state index contributed by atoms with van der Waals surface area (Å²) in [6.07, 6.45) is 0. The molecule has 0 aromatic heterocycles. The molecule has 0 unspecified atom stereocenters. The number of benzene rings is 3. The van der Waals surface area contributed by atoms with Gasteiger partial charge in [0.15, 0.2) is 23.9 Å². The molecule has 3 aromatic rings. The highest BCUT2D eigenvalue weighted by Crippen LogP contribution is 2.31. The van der Waals surface area contributed by atoms with Crippen molar-refractivity contribution in [2.45, 2.75) is 6.54 Å². The first-order chi connectivity index (χ1) is 16.0. The zero-order valence-electron chi connectivity index (χ0n) is 17.5. The SMILES string of the molecule is O=C(COC(=O)c1ccccc1C(=O)c1ccc2c(c1)OCCO2)NCc1cccc(Cl)c1. The minimum atomic E-state index is -0.769. The van der Waals surface area contributed by atoms with Gasteiger partial charge in [0.1, 0.15) is 13.2 Å². The number of ether oxygens (including phenoxy) is 3. The number of halogens is 1. The maximum Gasteiger partial charge on any atom is 0.339 e. The summed E-state index contributed by atoms with van der Waals surface area (Å²) in [7, 11) is 0. The number of carbonyl (C=O) groups is 3. The molecule has 1 aliphatic rings. The molecule has 0 aliphatic carbocycles. The van der Waals surface area contributed by atoms with E-state index in [1.807, 2.05) is 6.07 Å². The number of hydrogen-bond acceptors (Lipinski definition) is 6. The highest BCUT2D eigenvalue weighted by molar-refractivity contribution is 6.30. The van der Waals surface area contributed by atoms with Gasteiger partial charge in [-0.25, -0.2) is 4.79 Å². The van der Waals surface area contributed by atoms with Crippen molar-refractivity contribution in [1.29, 1.82) is 0 Å². The monoisotopic (exact) mass is 465 g/mol. The summed E-state index contributed by atoms with van der Waals surface area (Å²) in [6, 6.07) is 18.2. The van der Waals surface area contributed by atoms with Crippen LogP contribution in [0.1, 0.15) is 31.8 Å². The summed E-state index contributed by atoms with van der Waals surface area (Å²) in [5.41, 5.74) is 1.40. The Hall–Kier alpha value is -3.84. The average molecular weight is 466 g/mol. The first-order valence-electron chi connectivity index (χ1n) is 10.2. The van der Waals surface area contributed by atoms with Crippen LogP contribution in [0.15, 0.2) is 66.7 Å². The molecule has 8 heteroatoms. The van der Waals surface area contributed by atoms with Gasteiger partial charge >= 0.3 is 5.97 Å². The van der Waals surface area contributed by atoms with E-state index < -0.39 is 18.5 Å². The van der Waals surface area contributed by atoms with Crippen LogP contribution < -0.4 is 14.8 Å². The molecule has 0 radical (unpaired) electrons. The molecule has 1 heterocycles. The molecule has 3 aromatic carbocycles. The van der Waals surface area contributed by atoms with E-state index in [9.17, 15) is 14.4 Å². The van der Waals surface area contributed by atoms with Crippen LogP contribution in [0.4, 0.5) is 0 Å². The second-order valence-electron chi connectivity index (χ2n) is 7.22. The lowest BCUT2D eigenvalue weighted by Crippen LogP contribution is -2.28. The van der Waals surface area contributed by atoms with Crippen molar-refractivity contribution in [3.8, 4) is 11.5 Å². The Morgan fingerprint density at radius 2 is 1.64 bits per heavy atom. The third-order valence-corrected chi connectivity index (χ3v) is 5.14. The van der Waals surface area contributed by atoms with Gasteiger partial charge < -0.3 is 19.5 Å². The molecule has 33 heavy (non-hydrogen) atoms. The van der Waals surface area contributed by atoms with E-state index in [0.29, 0.717) is 35.3 Å². The number of esters is 1. The van der Waals surface area contributed by atoms with E-state index in [-0.39, 0.29) is 23.5 Å². The maximum absolute atomic E-state index is 13.1. The standard InChI is InChI=1S/C25H20ClNO6/c26-18-5-3-4-16(12-18)14-27-23(28)15-33-25(30)20-7-2-1-6-19(20)24(29)17-8-9-21-22(13-17)32-11-10-31-21/h1-9,12-13H,10-11,14-15H2,(H,27,28). The summed E-state index contributed by atoms with van der Waals surface area (Å²) < 4.78 is 16.2. The van der Waals surface area contributed by atoms with Crippen LogP contribution in [0.2, 0.25) is 5.02 Å². The Morgan fingerprint density at radius 3 is 2.42 bits per heavy atom. The Balaban J connectivity index is 1.40. The van der Waals surface area contributed by atoms with Crippen molar-refractivity contribution in [2.75, 3.05) is 19.8 Å². The molecule has 1 amide bonds. The van der Waals surface area contributed by atoms with Crippen LogP contribution in [0.25, 0.3) is 0 Å². The van der Waals surface area contributed by atoms with Crippen molar-refractivity contribution >= 4 is 29.3 Å². The topological polar surface area (TPSA) is 90.9 Å². The fraction of sp³-hybridized carbons (Fsp3) is 0.160. The smallest absolute Gasteiger partial charge is 0.339 e. The predicted molar refractivity (Wildman–Crippen MR) is 121 cm³/mol. The largest absolute Gasteiger partial charge is 0.486 e. The Morgan fingerprint density at radius 1 is 0.879 bits per heavy atom. The zero-order valence-corrected chi connectivity index (χ0v) is 18.3. The van der Waals surface area contributed by atoms with Gasteiger partial charge in [-0.05, 0) is 42.0 Å². The van der Waals surface area contributed by atoms with E-state index in [1.54, 1.807) is 48.5 Å². The van der Waals surface area contributed by atoms with Gasteiger partial charge in [0.05, 0.1) is 5.56 Å². The van der Waals surface area contributed by atoms with Gasteiger partial charge in [-0.3, -0.25) is 9.59 Å². The predicted octanol–water partition coefficient (Wildman–Crippen LogP) is 3.82. The molecule has 7 nitrogen and oxygen atoms in total. The van der Waals surface area contributed by atoms with Gasteiger partial charge in [-0.2, -0.15) is 0 Å². The third-order valence-electron chi connectivity index (χ3n) is 4.91.